The predicted molar refractivity (Wildman–Crippen MR) is 107 cm³/mol. The summed E-state index contributed by atoms with van der Waals surface area (Å²) in [6, 6.07) is 9.81. The van der Waals surface area contributed by atoms with Crippen molar-refractivity contribution in [3.8, 4) is 11.5 Å². The molecule has 0 spiro atoms. The molecule has 0 unspecified atom stereocenters. The van der Waals surface area contributed by atoms with E-state index >= 15 is 0 Å². The standard InChI is InChI=1S/C20H20FN3O3S/c1-26-15-7-8-16(27-2)18-17(15)22-20(28-18)24-11-9-23(10-12-24)19(25)13-5-3-4-6-14(13)21/h3-8H,9-12H2,1-2H3. The number of methoxy groups -OCH3 is 2. The minimum Gasteiger partial charge on any atom is -0.495 e. The molecule has 0 saturated carbocycles. The van der Waals surface area contributed by atoms with Gasteiger partial charge in [-0.05, 0) is 24.3 Å². The molecule has 28 heavy (non-hydrogen) atoms. The Morgan fingerprint density at radius 3 is 2.39 bits per heavy atom. The molecule has 1 aromatic heterocycles. The molecule has 0 atom stereocenters. The molecule has 1 aliphatic rings. The van der Waals surface area contributed by atoms with Crippen molar-refractivity contribution >= 4 is 32.6 Å². The fraction of sp³-hybridized carbons (Fsp3) is 0.300. The topological polar surface area (TPSA) is 54.9 Å². The maximum Gasteiger partial charge on any atom is 0.256 e. The number of nitrogens with zero attached hydrogens (tertiary/aromatic N) is 3. The first-order valence-corrected chi connectivity index (χ1v) is 9.74. The molecule has 4 rings (SSSR count). The molecule has 0 N–H and O–H groups in total. The Bertz CT molecular complexity index is 974. The van der Waals surface area contributed by atoms with E-state index in [1.807, 2.05) is 12.1 Å². The van der Waals surface area contributed by atoms with Gasteiger partial charge in [0.25, 0.3) is 5.91 Å². The van der Waals surface area contributed by atoms with Crippen LogP contribution >= 0.6 is 11.3 Å². The summed E-state index contributed by atoms with van der Waals surface area (Å²) in [4.78, 5) is 21.1. The largest absolute Gasteiger partial charge is 0.495 e. The molecule has 2 heterocycles. The maximum atomic E-state index is 13.9. The van der Waals surface area contributed by atoms with Gasteiger partial charge in [-0.15, -0.1) is 0 Å². The molecular weight excluding hydrogens is 381 g/mol. The Morgan fingerprint density at radius 2 is 1.71 bits per heavy atom. The number of ether oxygens (including phenoxy) is 2. The number of anilines is 1. The molecule has 0 bridgehead atoms. The van der Waals surface area contributed by atoms with Crippen molar-refractivity contribution in [2.45, 2.75) is 0 Å². The normalized spacial score (nSPS) is 14.4. The number of carbonyl (C=O) groups is 1. The van der Waals surface area contributed by atoms with Crippen LogP contribution in [0.3, 0.4) is 0 Å². The Balaban J connectivity index is 1.52. The van der Waals surface area contributed by atoms with Crippen LogP contribution in [0.5, 0.6) is 11.5 Å². The summed E-state index contributed by atoms with van der Waals surface area (Å²) in [6.45, 7) is 2.28. The van der Waals surface area contributed by atoms with Gasteiger partial charge in [-0.1, -0.05) is 23.5 Å². The number of fused-ring (bicyclic) bond motifs is 1. The summed E-state index contributed by atoms with van der Waals surface area (Å²) >= 11 is 1.54. The highest BCUT2D eigenvalue weighted by Gasteiger charge is 2.26. The van der Waals surface area contributed by atoms with E-state index in [1.165, 1.54) is 23.5 Å². The molecule has 3 aromatic rings. The van der Waals surface area contributed by atoms with E-state index < -0.39 is 5.82 Å². The number of halogens is 1. The molecule has 1 saturated heterocycles. The number of piperazine rings is 1. The average molecular weight is 401 g/mol. The van der Waals surface area contributed by atoms with Gasteiger partial charge in [-0.2, -0.15) is 0 Å². The lowest BCUT2D eigenvalue weighted by Crippen LogP contribution is -2.49. The van der Waals surface area contributed by atoms with Crippen LogP contribution in [0.4, 0.5) is 9.52 Å². The first-order chi connectivity index (χ1) is 13.6. The van der Waals surface area contributed by atoms with Crippen LogP contribution in [0.15, 0.2) is 36.4 Å². The second kappa shape index (κ2) is 7.63. The van der Waals surface area contributed by atoms with E-state index in [1.54, 1.807) is 31.3 Å². The molecule has 2 aromatic carbocycles. The van der Waals surface area contributed by atoms with E-state index in [2.05, 4.69) is 4.90 Å². The molecule has 1 aliphatic heterocycles. The van der Waals surface area contributed by atoms with Gasteiger partial charge in [0, 0.05) is 26.2 Å². The first kappa shape index (κ1) is 18.5. The lowest BCUT2D eigenvalue weighted by atomic mass is 10.1. The highest BCUT2D eigenvalue weighted by molar-refractivity contribution is 7.22. The summed E-state index contributed by atoms with van der Waals surface area (Å²) in [5.41, 5.74) is 0.886. The van der Waals surface area contributed by atoms with Crippen molar-refractivity contribution in [3.63, 3.8) is 0 Å². The van der Waals surface area contributed by atoms with Crippen molar-refractivity contribution in [3.05, 3.63) is 47.8 Å². The maximum absolute atomic E-state index is 13.9. The van der Waals surface area contributed by atoms with E-state index in [0.29, 0.717) is 31.9 Å². The summed E-state index contributed by atoms with van der Waals surface area (Å²) in [5, 5.41) is 0.857. The number of amides is 1. The average Bonchev–Trinajstić information content (AvgIpc) is 3.18. The molecular formula is C20H20FN3O3S. The van der Waals surface area contributed by atoms with Gasteiger partial charge in [0.1, 0.15) is 27.5 Å². The van der Waals surface area contributed by atoms with Crippen molar-refractivity contribution in [1.29, 1.82) is 0 Å². The third-order valence-corrected chi connectivity index (χ3v) is 5.97. The lowest BCUT2D eigenvalue weighted by molar-refractivity contribution is 0.0742. The minimum absolute atomic E-state index is 0.116. The SMILES string of the molecule is COc1ccc(OC)c2sc(N3CCN(C(=O)c4ccccc4F)CC3)nc12. The van der Waals surface area contributed by atoms with Gasteiger partial charge in [0.15, 0.2) is 5.13 Å². The van der Waals surface area contributed by atoms with Gasteiger partial charge >= 0.3 is 0 Å². The zero-order valence-corrected chi connectivity index (χ0v) is 16.5. The Morgan fingerprint density at radius 1 is 1.04 bits per heavy atom. The number of carbonyl (C=O) groups excluding carboxylic acids is 1. The van der Waals surface area contributed by atoms with Crippen LogP contribution in [0.25, 0.3) is 10.2 Å². The second-order valence-electron chi connectivity index (χ2n) is 6.40. The zero-order valence-electron chi connectivity index (χ0n) is 15.6. The minimum atomic E-state index is -0.486. The third kappa shape index (κ3) is 3.24. The number of rotatable bonds is 4. The smallest absolute Gasteiger partial charge is 0.256 e. The monoisotopic (exact) mass is 401 g/mol. The van der Waals surface area contributed by atoms with Crippen molar-refractivity contribution < 1.29 is 18.7 Å². The number of benzene rings is 2. The number of aromatic nitrogens is 1. The summed E-state index contributed by atoms with van der Waals surface area (Å²) in [5.74, 6) is 0.699. The number of thiazole rings is 1. The highest BCUT2D eigenvalue weighted by atomic mass is 32.1. The van der Waals surface area contributed by atoms with Gasteiger partial charge in [0.2, 0.25) is 0 Å². The van der Waals surface area contributed by atoms with Crippen molar-refractivity contribution in [2.24, 2.45) is 0 Å². The summed E-state index contributed by atoms with van der Waals surface area (Å²) in [6.07, 6.45) is 0. The molecule has 1 fully saturated rings. The predicted octanol–water partition coefficient (Wildman–Crippen LogP) is 3.42. The van der Waals surface area contributed by atoms with Crippen molar-refractivity contribution in [1.82, 2.24) is 9.88 Å². The fourth-order valence-corrected chi connectivity index (χ4v) is 4.44. The Labute approximate surface area is 166 Å². The third-order valence-electron chi connectivity index (χ3n) is 4.84. The quantitative estimate of drug-likeness (QED) is 0.671. The fourth-order valence-electron chi connectivity index (χ4n) is 3.32. The van der Waals surface area contributed by atoms with Crippen LogP contribution < -0.4 is 14.4 Å². The van der Waals surface area contributed by atoms with Crippen LogP contribution in [-0.4, -0.2) is 56.2 Å². The highest BCUT2D eigenvalue weighted by Crippen LogP contribution is 2.40. The van der Waals surface area contributed by atoms with Gasteiger partial charge < -0.3 is 19.3 Å². The second-order valence-corrected chi connectivity index (χ2v) is 7.38. The van der Waals surface area contributed by atoms with Crippen LogP contribution in [0, 0.1) is 5.82 Å². The van der Waals surface area contributed by atoms with Crippen LogP contribution in [0.1, 0.15) is 10.4 Å². The zero-order chi connectivity index (χ0) is 19.7. The summed E-state index contributed by atoms with van der Waals surface area (Å²) in [7, 11) is 3.25. The van der Waals surface area contributed by atoms with E-state index in [-0.39, 0.29) is 11.5 Å². The summed E-state index contributed by atoms with van der Waals surface area (Å²) < 4.78 is 25.7. The molecule has 146 valence electrons. The first-order valence-electron chi connectivity index (χ1n) is 8.92. The lowest BCUT2D eigenvalue weighted by Gasteiger charge is -2.34. The number of hydrogen-bond donors (Lipinski definition) is 0. The van der Waals surface area contributed by atoms with Crippen molar-refractivity contribution in [2.75, 3.05) is 45.3 Å². The van der Waals surface area contributed by atoms with E-state index in [9.17, 15) is 9.18 Å². The van der Waals surface area contributed by atoms with Gasteiger partial charge in [-0.25, -0.2) is 9.37 Å². The van der Waals surface area contributed by atoms with E-state index in [4.69, 9.17) is 14.5 Å². The molecule has 6 nitrogen and oxygen atoms in total. The molecule has 0 aliphatic carbocycles. The van der Waals surface area contributed by atoms with Gasteiger partial charge in [-0.3, -0.25) is 4.79 Å². The van der Waals surface area contributed by atoms with Gasteiger partial charge in [0.05, 0.1) is 19.8 Å². The number of hydrogen-bond acceptors (Lipinski definition) is 6. The molecule has 0 radical (unpaired) electrons. The Hall–Kier alpha value is -2.87. The Kier molecular flexibility index (Phi) is 5.04. The molecule has 8 heteroatoms. The molecule has 1 amide bonds. The van der Waals surface area contributed by atoms with E-state index in [0.717, 1.165) is 21.1 Å². The van der Waals surface area contributed by atoms with Crippen LogP contribution in [0.2, 0.25) is 0 Å². The van der Waals surface area contributed by atoms with Crippen LogP contribution in [-0.2, 0) is 0 Å².